The molecule has 20 heavy (non-hydrogen) atoms. The third-order valence-electron chi connectivity index (χ3n) is 3.83. The van der Waals surface area contributed by atoms with Crippen LogP contribution in [0, 0.1) is 11.8 Å². The summed E-state index contributed by atoms with van der Waals surface area (Å²) in [5.74, 6) is 0.501. The summed E-state index contributed by atoms with van der Waals surface area (Å²) in [5.41, 5.74) is 0. The number of hydrogen-bond donors (Lipinski definition) is 2. The van der Waals surface area contributed by atoms with Crippen LogP contribution in [0.5, 0.6) is 0 Å². The van der Waals surface area contributed by atoms with Gasteiger partial charge in [0.15, 0.2) is 0 Å². The molecule has 2 N–H and O–H groups in total. The molecular formula is C15H33O4P. The van der Waals surface area contributed by atoms with Gasteiger partial charge in [-0.15, -0.1) is 0 Å². The van der Waals surface area contributed by atoms with Crippen LogP contribution in [0.3, 0.4) is 0 Å². The molecule has 0 rings (SSSR count). The van der Waals surface area contributed by atoms with E-state index in [1.807, 2.05) is 0 Å². The summed E-state index contributed by atoms with van der Waals surface area (Å²) < 4.78 is 16.6. The summed E-state index contributed by atoms with van der Waals surface area (Å²) in [6.45, 7) is 8.47. The molecular weight excluding hydrogens is 275 g/mol. The minimum absolute atomic E-state index is 0.251. The molecule has 4 nitrogen and oxygen atoms in total. The third kappa shape index (κ3) is 8.41. The van der Waals surface area contributed by atoms with E-state index in [0.717, 1.165) is 51.4 Å². The van der Waals surface area contributed by atoms with E-state index in [-0.39, 0.29) is 17.9 Å². The van der Waals surface area contributed by atoms with Gasteiger partial charge in [0.25, 0.3) is 0 Å². The van der Waals surface area contributed by atoms with E-state index in [4.69, 9.17) is 4.52 Å². The molecule has 0 saturated heterocycles. The average Bonchev–Trinajstić information content (AvgIpc) is 2.34. The zero-order valence-corrected chi connectivity index (χ0v) is 14.4. The highest BCUT2D eigenvalue weighted by molar-refractivity contribution is 7.46. The highest BCUT2D eigenvalue weighted by Gasteiger charge is 2.33. The molecule has 5 heteroatoms. The fraction of sp³-hybridized carbons (Fsp3) is 1.00. The summed E-state index contributed by atoms with van der Waals surface area (Å²) >= 11 is 0. The van der Waals surface area contributed by atoms with E-state index in [2.05, 4.69) is 27.7 Å². The van der Waals surface area contributed by atoms with E-state index in [0.29, 0.717) is 0 Å². The first-order valence-electron chi connectivity index (χ1n) is 8.13. The van der Waals surface area contributed by atoms with E-state index < -0.39 is 7.82 Å². The van der Waals surface area contributed by atoms with Crippen LogP contribution in [0.2, 0.25) is 0 Å². The average molecular weight is 308 g/mol. The van der Waals surface area contributed by atoms with E-state index in [9.17, 15) is 14.4 Å². The molecule has 0 bridgehead atoms. The molecule has 0 saturated carbocycles. The van der Waals surface area contributed by atoms with Gasteiger partial charge in [0.05, 0.1) is 6.10 Å². The topological polar surface area (TPSA) is 66.8 Å². The van der Waals surface area contributed by atoms with Gasteiger partial charge >= 0.3 is 7.82 Å². The van der Waals surface area contributed by atoms with Crippen molar-refractivity contribution in [1.82, 2.24) is 0 Å². The monoisotopic (exact) mass is 308 g/mol. The largest absolute Gasteiger partial charge is 0.469 e. The second-order valence-corrected chi connectivity index (χ2v) is 6.93. The molecule has 0 radical (unpaired) electrons. The molecule has 122 valence electrons. The second kappa shape index (κ2) is 10.8. The molecule has 0 aliphatic heterocycles. The lowest BCUT2D eigenvalue weighted by atomic mass is 9.81. The van der Waals surface area contributed by atoms with Gasteiger partial charge in [-0.25, -0.2) is 4.57 Å². The Morgan fingerprint density at radius 1 is 0.800 bits per heavy atom. The van der Waals surface area contributed by atoms with E-state index >= 15 is 0 Å². The Labute approximate surface area is 124 Å². The molecule has 0 amide bonds. The van der Waals surface area contributed by atoms with E-state index in [1.165, 1.54) is 0 Å². The SMILES string of the molecule is CCCC(CCC)C(OP(=O)(O)O)C(CCC)CCC. The fourth-order valence-corrected chi connectivity index (χ4v) is 3.81. The second-order valence-electron chi connectivity index (χ2n) is 5.74. The van der Waals surface area contributed by atoms with Gasteiger partial charge in [0.2, 0.25) is 0 Å². The van der Waals surface area contributed by atoms with Crippen molar-refractivity contribution in [3.05, 3.63) is 0 Å². The van der Waals surface area contributed by atoms with Crippen molar-refractivity contribution in [3.63, 3.8) is 0 Å². The zero-order chi connectivity index (χ0) is 15.6. The molecule has 0 heterocycles. The molecule has 0 atom stereocenters. The van der Waals surface area contributed by atoms with Gasteiger partial charge in [-0.1, -0.05) is 53.4 Å². The van der Waals surface area contributed by atoms with Crippen LogP contribution in [0.1, 0.15) is 79.1 Å². The lowest BCUT2D eigenvalue weighted by molar-refractivity contribution is 0.0284. The van der Waals surface area contributed by atoms with Crippen molar-refractivity contribution in [1.29, 1.82) is 0 Å². The van der Waals surface area contributed by atoms with Crippen LogP contribution in [-0.2, 0) is 9.09 Å². The maximum atomic E-state index is 11.3. The standard InChI is InChI=1S/C15H33O4P/c1-5-9-13(10-6-2)15(19-20(16,17)18)14(11-7-3)12-8-4/h13-15H,5-12H2,1-4H3,(H2,16,17,18). The van der Waals surface area contributed by atoms with Gasteiger partial charge < -0.3 is 9.79 Å². The van der Waals surface area contributed by atoms with Gasteiger partial charge in [0, 0.05) is 0 Å². The maximum absolute atomic E-state index is 11.3. The summed E-state index contributed by atoms with van der Waals surface area (Å²) in [4.78, 5) is 18.5. The quantitative estimate of drug-likeness (QED) is 0.503. The molecule has 0 fully saturated rings. The Hall–Kier alpha value is 0.110. The first kappa shape index (κ1) is 20.1. The summed E-state index contributed by atoms with van der Waals surface area (Å²) in [6, 6.07) is 0. The molecule has 0 aromatic rings. The number of hydrogen-bond acceptors (Lipinski definition) is 2. The van der Waals surface area contributed by atoms with Gasteiger partial charge in [-0.2, -0.15) is 0 Å². The number of rotatable bonds is 12. The highest BCUT2D eigenvalue weighted by atomic mass is 31.2. The van der Waals surface area contributed by atoms with Crippen LogP contribution in [0.15, 0.2) is 0 Å². The van der Waals surface area contributed by atoms with Crippen molar-refractivity contribution in [2.24, 2.45) is 11.8 Å². The van der Waals surface area contributed by atoms with Crippen LogP contribution < -0.4 is 0 Å². The Morgan fingerprint density at radius 3 is 1.30 bits per heavy atom. The van der Waals surface area contributed by atoms with E-state index in [1.54, 1.807) is 0 Å². The van der Waals surface area contributed by atoms with Crippen LogP contribution in [0.4, 0.5) is 0 Å². The minimum atomic E-state index is -4.42. The summed E-state index contributed by atoms with van der Waals surface area (Å²) in [5, 5.41) is 0. The smallest absolute Gasteiger partial charge is 0.303 e. The first-order chi connectivity index (χ1) is 9.39. The van der Waals surface area contributed by atoms with Crippen molar-refractivity contribution in [2.45, 2.75) is 85.2 Å². The van der Waals surface area contributed by atoms with Gasteiger partial charge in [-0.05, 0) is 37.5 Å². The Kier molecular flexibility index (Phi) is 10.8. The van der Waals surface area contributed by atoms with Gasteiger partial charge in [0.1, 0.15) is 0 Å². The minimum Gasteiger partial charge on any atom is -0.303 e. The van der Waals surface area contributed by atoms with Crippen LogP contribution in [-0.4, -0.2) is 15.9 Å². The summed E-state index contributed by atoms with van der Waals surface area (Å²) in [6.07, 6.45) is 7.69. The summed E-state index contributed by atoms with van der Waals surface area (Å²) in [7, 11) is -4.42. The molecule has 0 aromatic carbocycles. The predicted octanol–water partition coefficient (Wildman–Crippen LogP) is 4.90. The number of phosphoric acid groups is 1. The van der Waals surface area contributed by atoms with Crippen molar-refractivity contribution in [3.8, 4) is 0 Å². The van der Waals surface area contributed by atoms with Gasteiger partial charge in [-0.3, -0.25) is 4.52 Å². The Bertz CT molecular complexity index is 249. The Morgan fingerprint density at radius 2 is 1.10 bits per heavy atom. The molecule has 0 aliphatic carbocycles. The Balaban J connectivity index is 5.11. The maximum Gasteiger partial charge on any atom is 0.469 e. The highest BCUT2D eigenvalue weighted by Crippen LogP contribution is 2.44. The lowest BCUT2D eigenvalue weighted by Crippen LogP contribution is -2.31. The normalized spacial score (nSPS) is 12.8. The fourth-order valence-electron chi connectivity index (χ4n) is 3.14. The third-order valence-corrected chi connectivity index (χ3v) is 4.34. The van der Waals surface area contributed by atoms with Crippen molar-refractivity contribution < 1.29 is 18.9 Å². The lowest BCUT2D eigenvalue weighted by Gasteiger charge is -2.33. The van der Waals surface area contributed by atoms with Crippen molar-refractivity contribution >= 4 is 7.82 Å². The molecule has 0 aliphatic rings. The number of phosphoric ester groups is 1. The first-order valence-corrected chi connectivity index (χ1v) is 9.66. The van der Waals surface area contributed by atoms with Crippen LogP contribution in [0.25, 0.3) is 0 Å². The predicted molar refractivity (Wildman–Crippen MR) is 83.5 cm³/mol. The molecule has 0 aromatic heterocycles. The van der Waals surface area contributed by atoms with Crippen LogP contribution >= 0.6 is 7.82 Å². The van der Waals surface area contributed by atoms with Crippen molar-refractivity contribution in [2.75, 3.05) is 0 Å². The molecule has 0 unspecified atom stereocenters. The zero-order valence-electron chi connectivity index (χ0n) is 13.5. The molecule has 0 spiro atoms.